The van der Waals surface area contributed by atoms with Gasteiger partial charge in [0.2, 0.25) is 0 Å². The van der Waals surface area contributed by atoms with Crippen molar-refractivity contribution >= 4 is 51.2 Å². The van der Waals surface area contributed by atoms with Gasteiger partial charge in [-0.3, -0.25) is 4.79 Å². The van der Waals surface area contributed by atoms with Crippen LogP contribution in [0.15, 0.2) is 52.6 Å². The third kappa shape index (κ3) is 3.09. The van der Waals surface area contributed by atoms with E-state index in [1.165, 1.54) is 12.1 Å². The fraction of sp³-hybridized carbons (Fsp3) is 0. The first kappa shape index (κ1) is 15.6. The molecule has 1 fully saturated rings. The molecular formula is C16H10BrClN2O3. The molecule has 1 aliphatic rings. The molecule has 1 aliphatic heterocycles. The molecule has 0 saturated carbocycles. The minimum atomic E-state index is -0.540. The molecule has 0 spiro atoms. The topological polar surface area (TPSA) is 69.6 Å². The van der Waals surface area contributed by atoms with Crippen LogP contribution < -0.4 is 10.2 Å². The molecule has 2 N–H and O–H groups in total. The standard InChI is InChI=1S/C16H10BrClN2O3/c17-12-6-9(4-5-14(12)21)7-13-15(22)20(16(23)19-13)11-3-1-2-10(18)8-11/h1-8,21H,(H,19,23). The van der Waals surface area contributed by atoms with Gasteiger partial charge in [0.15, 0.2) is 0 Å². The minimum Gasteiger partial charge on any atom is -0.507 e. The highest BCUT2D eigenvalue weighted by Crippen LogP contribution is 2.27. The molecule has 0 aromatic heterocycles. The summed E-state index contributed by atoms with van der Waals surface area (Å²) in [5, 5.41) is 12.5. The second kappa shape index (κ2) is 6.06. The first-order valence-electron chi connectivity index (χ1n) is 6.57. The lowest BCUT2D eigenvalue weighted by Gasteiger charge is -2.11. The number of phenols is 1. The monoisotopic (exact) mass is 392 g/mol. The summed E-state index contributed by atoms with van der Waals surface area (Å²) < 4.78 is 0.496. The van der Waals surface area contributed by atoms with Crippen LogP contribution >= 0.6 is 27.5 Å². The van der Waals surface area contributed by atoms with Gasteiger partial charge in [0, 0.05) is 5.02 Å². The van der Waals surface area contributed by atoms with E-state index in [1.807, 2.05) is 0 Å². The zero-order valence-corrected chi connectivity index (χ0v) is 13.9. The number of carbonyl (C=O) groups excluding carboxylic acids is 2. The number of hydrogen-bond acceptors (Lipinski definition) is 3. The highest BCUT2D eigenvalue weighted by molar-refractivity contribution is 9.10. The van der Waals surface area contributed by atoms with Crippen molar-refractivity contribution in [2.45, 2.75) is 0 Å². The number of aromatic hydroxyl groups is 1. The van der Waals surface area contributed by atoms with Crippen LogP contribution in [0, 0.1) is 0 Å². The summed E-state index contributed by atoms with van der Waals surface area (Å²) in [6.45, 7) is 0. The Kier molecular flexibility index (Phi) is 4.11. The average Bonchev–Trinajstić information content (AvgIpc) is 2.77. The smallest absolute Gasteiger partial charge is 0.333 e. The summed E-state index contributed by atoms with van der Waals surface area (Å²) in [6.07, 6.45) is 1.54. The predicted molar refractivity (Wildman–Crippen MR) is 91.3 cm³/mol. The molecule has 1 saturated heterocycles. The van der Waals surface area contributed by atoms with E-state index < -0.39 is 11.9 Å². The van der Waals surface area contributed by atoms with Crippen LogP contribution in [-0.2, 0) is 4.79 Å². The molecule has 5 nitrogen and oxygen atoms in total. The Labute approximate surface area is 145 Å². The molecule has 2 aromatic rings. The zero-order chi connectivity index (χ0) is 16.6. The normalized spacial score (nSPS) is 16.1. The number of amides is 3. The Balaban J connectivity index is 1.94. The molecule has 0 unspecified atom stereocenters. The van der Waals surface area contributed by atoms with Crippen molar-refractivity contribution < 1.29 is 14.7 Å². The summed E-state index contributed by atoms with van der Waals surface area (Å²) in [6, 6.07) is 10.7. The van der Waals surface area contributed by atoms with Crippen LogP contribution in [0.2, 0.25) is 5.02 Å². The SMILES string of the molecule is O=C1NC(=Cc2ccc(O)c(Br)c2)C(=O)N1c1cccc(Cl)c1. The van der Waals surface area contributed by atoms with E-state index in [-0.39, 0.29) is 11.4 Å². The highest BCUT2D eigenvalue weighted by Gasteiger charge is 2.34. The average molecular weight is 394 g/mol. The van der Waals surface area contributed by atoms with Gasteiger partial charge in [-0.2, -0.15) is 0 Å². The Morgan fingerprint density at radius 2 is 1.96 bits per heavy atom. The first-order chi connectivity index (χ1) is 11.0. The molecular weight excluding hydrogens is 384 g/mol. The third-order valence-corrected chi connectivity index (χ3v) is 4.10. The van der Waals surface area contributed by atoms with Gasteiger partial charge in [0.05, 0.1) is 10.2 Å². The number of urea groups is 1. The molecule has 0 aliphatic carbocycles. The zero-order valence-electron chi connectivity index (χ0n) is 11.6. The maximum atomic E-state index is 12.5. The van der Waals surface area contributed by atoms with Crippen molar-refractivity contribution in [3.8, 4) is 5.75 Å². The maximum Gasteiger partial charge on any atom is 0.333 e. The van der Waals surface area contributed by atoms with Gasteiger partial charge in [-0.15, -0.1) is 0 Å². The third-order valence-electron chi connectivity index (χ3n) is 3.23. The number of halogens is 2. The molecule has 1 heterocycles. The number of carbonyl (C=O) groups is 2. The number of rotatable bonds is 2. The predicted octanol–water partition coefficient (Wildman–Crippen LogP) is 3.91. The van der Waals surface area contributed by atoms with E-state index in [2.05, 4.69) is 21.2 Å². The van der Waals surface area contributed by atoms with E-state index in [0.717, 1.165) is 4.90 Å². The van der Waals surface area contributed by atoms with Crippen LogP contribution in [0.25, 0.3) is 6.08 Å². The van der Waals surface area contributed by atoms with Gasteiger partial charge in [-0.05, 0) is 57.9 Å². The summed E-state index contributed by atoms with van der Waals surface area (Å²) in [4.78, 5) is 25.6. The molecule has 7 heteroatoms. The lowest BCUT2D eigenvalue weighted by molar-refractivity contribution is -0.113. The van der Waals surface area contributed by atoms with Crippen LogP contribution in [-0.4, -0.2) is 17.0 Å². The van der Waals surface area contributed by atoms with Crippen LogP contribution in [0.5, 0.6) is 5.75 Å². The van der Waals surface area contributed by atoms with Crippen LogP contribution in [0.3, 0.4) is 0 Å². The lowest BCUT2D eigenvalue weighted by atomic mass is 10.2. The van der Waals surface area contributed by atoms with E-state index >= 15 is 0 Å². The molecule has 3 amide bonds. The molecule has 0 atom stereocenters. The van der Waals surface area contributed by atoms with Gasteiger partial charge in [-0.1, -0.05) is 23.7 Å². The first-order valence-corrected chi connectivity index (χ1v) is 7.74. The minimum absolute atomic E-state index is 0.0921. The summed E-state index contributed by atoms with van der Waals surface area (Å²) in [5.41, 5.74) is 1.20. The summed E-state index contributed by atoms with van der Waals surface area (Å²) in [7, 11) is 0. The van der Waals surface area contributed by atoms with Crippen molar-refractivity contribution in [1.82, 2.24) is 5.32 Å². The molecule has 116 valence electrons. The number of anilines is 1. The van der Waals surface area contributed by atoms with E-state index in [1.54, 1.807) is 36.4 Å². The quantitative estimate of drug-likeness (QED) is 0.600. The molecule has 23 heavy (non-hydrogen) atoms. The number of imide groups is 1. The van der Waals surface area contributed by atoms with Crippen molar-refractivity contribution in [3.63, 3.8) is 0 Å². The van der Waals surface area contributed by atoms with Crippen molar-refractivity contribution in [2.24, 2.45) is 0 Å². The molecule has 0 radical (unpaired) electrons. The molecule has 0 bridgehead atoms. The fourth-order valence-electron chi connectivity index (χ4n) is 2.16. The Morgan fingerprint density at radius 1 is 1.17 bits per heavy atom. The van der Waals surface area contributed by atoms with E-state index in [9.17, 15) is 14.7 Å². The molecule has 3 rings (SSSR count). The number of nitrogens with one attached hydrogen (secondary N) is 1. The summed E-state index contributed by atoms with van der Waals surface area (Å²) in [5.74, 6) is -0.379. The van der Waals surface area contributed by atoms with E-state index in [4.69, 9.17) is 11.6 Å². The van der Waals surface area contributed by atoms with Crippen molar-refractivity contribution in [1.29, 1.82) is 0 Å². The lowest BCUT2D eigenvalue weighted by Crippen LogP contribution is -2.30. The largest absolute Gasteiger partial charge is 0.507 e. The fourth-order valence-corrected chi connectivity index (χ4v) is 2.75. The second-order valence-electron chi connectivity index (χ2n) is 4.82. The van der Waals surface area contributed by atoms with Crippen molar-refractivity contribution in [2.75, 3.05) is 4.90 Å². The Morgan fingerprint density at radius 3 is 2.65 bits per heavy atom. The van der Waals surface area contributed by atoms with E-state index in [0.29, 0.717) is 20.7 Å². The van der Waals surface area contributed by atoms with Gasteiger partial charge < -0.3 is 10.4 Å². The van der Waals surface area contributed by atoms with Crippen LogP contribution in [0.4, 0.5) is 10.5 Å². The van der Waals surface area contributed by atoms with Crippen LogP contribution in [0.1, 0.15) is 5.56 Å². The van der Waals surface area contributed by atoms with Gasteiger partial charge in [0.25, 0.3) is 5.91 Å². The Bertz CT molecular complexity index is 851. The number of phenolic OH excluding ortho intramolecular Hbond substituents is 1. The number of benzene rings is 2. The number of hydrogen-bond donors (Lipinski definition) is 2. The van der Waals surface area contributed by atoms with Gasteiger partial charge in [-0.25, -0.2) is 9.69 Å². The molecule has 2 aromatic carbocycles. The second-order valence-corrected chi connectivity index (χ2v) is 6.11. The van der Waals surface area contributed by atoms with Crippen molar-refractivity contribution in [3.05, 3.63) is 63.2 Å². The van der Waals surface area contributed by atoms with Gasteiger partial charge >= 0.3 is 6.03 Å². The maximum absolute atomic E-state index is 12.5. The summed E-state index contributed by atoms with van der Waals surface area (Å²) >= 11 is 9.11. The Hall–Kier alpha value is -2.31. The number of nitrogens with zero attached hydrogens (tertiary/aromatic N) is 1. The van der Waals surface area contributed by atoms with Gasteiger partial charge in [0.1, 0.15) is 11.4 Å². The highest BCUT2D eigenvalue weighted by atomic mass is 79.9.